The number of hydrogen-bond acceptors (Lipinski definition) is 2. The third-order valence-electron chi connectivity index (χ3n) is 6.08. The Balaban J connectivity index is 0.000000220. The van der Waals surface area contributed by atoms with Crippen molar-refractivity contribution in [3.8, 4) is 0 Å². The number of aliphatic hydroxyl groups is 1. The molecule has 0 aromatic rings. The van der Waals surface area contributed by atoms with E-state index in [9.17, 15) is 4.79 Å². The van der Waals surface area contributed by atoms with Gasteiger partial charge in [-0.25, -0.2) is 0 Å². The summed E-state index contributed by atoms with van der Waals surface area (Å²) < 4.78 is 0. The van der Waals surface area contributed by atoms with E-state index in [4.69, 9.17) is 5.11 Å². The molecule has 0 aliphatic heterocycles. The predicted molar refractivity (Wildman–Crippen MR) is 93.9 cm³/mol. The van der Waals surface area contributed by atoms with E-state index in [-0.39, 0.29) is 10.8 Å². The van der Waals surface area contributed by atoms with E-state index in [1.54, 1.807) is 0 Å². The lowest BCUT2D eigenvalue weighted by molar-refractivity contribution is -0.117. The third kappa shape index (κ3) is 6.02. The van der Waals surface area contributed by atoms with Crippen LogP contribution in [0.25, 0.3) is 0 Å². The number of carbonyl (C=O) groups excluding carboxylic acids is 1. The topological polar surface area (TPSA) is 37.3 Å². The Labute approximate surface area is 138 Å². The van der Waals surface area contributed by atoms with Gasteiger partial charge in [0.05, 0.1) is 0 Å². The zero-order valence-corrected chi connectivity index (χ0v) is 15.4. The lowest BCUT2D eigenvalue weighted by atomic mass is 9.72. The molecule has 0 amide bonds. The molecule has 2 heteroatoms. The van der Waals surface area contributed by atoms with Crippen molar-refractivity contribution < 1.29 is 9.90 Å². The Morgan fingerprint density at radius 1 is 0.818 bits per heavy atom. The maximum atomic E-state index is 10.7. The molecule has 2 saturated carbocycles. The van der Waals surface area contributed by atoms with Crippen LogP contribution in [0.5, 0.6) is 0 Å². The summed E-state index contributed by atoms with van der Waals surface area (Å²) in [6, 6.07) is 0. The van der Waals surface area contributed by atoms with Gasteiger partial charge in [0, 0.05) is 12.0 Å². The Kier molecular flexibility index (Phi) is 8.10. The molecule has 0 aromatic heterocycles. The van der Waals surface area contributed by atoms with Crippen LogP contribution < -0.4 is 0 Å². The quantitative estimate of drug-likeness (QED) is 0.708. The first-order valence-corrected chi connectivity index (χ1v) is 9.40. The Morgan fingerprint density at radius 2 is 1.23 bits per heavy atom. The number of aldehydes is 1. The first kappa shape index (κ1) is 19.7. The zero-order chi connectivity index (χ0) is 16.6. The van der Waals surface area contributed by atoms with Crippen LogP contribution in [0.1, 0.15) is 91.9 Å². The number of hydrogen-bond donors (Lipinski definition) is 1. The van der Waals surface area contributed by atoms with Crippen molar-refractivity contribution in [2.75, 3.05) is 6.61 Å². The van der Waals surface area contributed by atoms with Crippen LogP contribution in [-0.2, 0) is 4.79 Å². The molecule has 0 heterocycles. The summed E-state index contributed by atoms with van der Waals surface area (Å²) in [5.74, 6) is 1.41. The number of carbonyl (C=O) groups is 1. The molecular weight excluding hydrogens is 272 g/mol. The fraction of sp³-hybridized carbons (Fsp3) is 0.950. The maximum absolute atomic E-state index is 10.7. The molecule has 0 spiro atoms. The first-order chi connectivity index (χ1) is 10.3. The van der Waals surface area contributed by atoms with Gasteiger partial charge < -0.3 is 9.90 Å². The van der Waals surface area contributed by atoms with Crippen molar-refractivity contribution in [2.45, 2.75) is 91.9 Å². The molecule has 2 aliphatic rings. The van der Waals surface area contributed by atoms with Crippen molar-refractivity contribution in [3.63, 3.8) is 0 Å². The molecule has 0 radical (unpaired) electrons. The van der Waals surface area contributed by atoms with E-state index in [2.05, 4.69) is 27.7 Å². The molecule has 0 saturated heterocycles. The summed E-state index contributed by atoms with van der Waals surface area (Å²) in [5.41, 5.74) is 0.0981. The fourth-order valence-corrected chi connectivity index (χ4v) is 3.96. The van der Waals surface area contributed by atoms with Gasteiger partial charge in [-0.3, -0.25) is 0 Å². The van der Waals surface area contributed by atoms with Crippen LogP contribution in [0.15, 0.2) is 0 Å². The second-order valence-electron chi connectivity index (χ2n) is 8.76. The molecule has 2 aliphatic carbocycles. The van der Waals surface area contributed by atoms with E-state index in [1.807, 2.05) is 0 Å². The first-order valence-electron chi connectivity index (χ1n) is 9.40. The highest BCUT2D eigenvalue weighted by molar-refractivity contribution is 5.58. The van der Waals surface area contributed by atoms with Crippen molar-refractivity contribution in [2.24, 2.45) is 22.7 Å². The second-order valence-corrected chi connectivity index (χ2v) is 8.76. The van der Waals surface area contributed by atoms with Crippen LogP contribution in [0, 0.1) is 22.7 Å². The lowest BCUT2D eigenvalue weighted by Crippen LogP contribution is -2.29. The van der Waals surface area contributed by atoms with E-state index >= 15 is 0 Å². The third-order valence-corrected chi connectivity index (χ3v) is 6.08. The molecule has 2 rings (SSSR count). The van der Waals surface area contributed by atoms with Crippen LogP contribution in [0.3, 0.4) is 0 Å². The van der Waals surface area contributed by atoms with Crippen molar-refractivity contribution >= 4 is 6.29 Å². The Morgan fingerprint density at radius 3 is 1.59 bits per heavy atom. The van der Waals surface area contributed by atoms with Crippen LogP contribution in [0.2, 0.25) is 0 Å². The minimum atomic E-state index is -0.0690. The molecule has 22 heavy (non-hydrogen) atoms. The molecular formula is C20H38O2. The second kappa shape index (κ2) is 9.05. The van der Waals surface area contributed by atoms with E-state index in [0.29, 0.717) is 12.5 Å². The minimum absolute atomic E-state index is 0.0690. The molecule has 0 bridgehead atoms. The largest absolute Gasteiger partial charge is 0.396 e. The highest BCUT2D eigenvalue weighted by atomic mass is 16.3. The smallest absolute Gasteiger partial charge is 0.125 e. The average Bonchev–Trinajstić information content (AvgIpc) is 2.57. The summed E-state index contributed by atoms with van der Waals surface area (Å²) in [6.45, 7) is 8.84. The SMILES string of the molecule is CC(C)(C=O)C1CCCCC1.CC(C)(CO)C1CCCCC1. The summed E-state index contributed by atoms with van der Waals surface area (Å²) in [7, 11) is 0. The Hall–Kier alpha value is -0.370. The van der Waals surface area contributed by atoms with Gasteiger partial charge in [-0.15, -0.1) is 0 Å². The molecule has 2 nitrogen and oxygen atoms in total. The molecule has 0 atom stereocenters. The minimum Gasteiger partial charge on any atom is -0.396 e. The zero-order valence-electron chi connectivity index (χ0n) is 15.4. The summed E-state index contributed by atoms with van der Waals surface area (Å²) in [6.07, 6.45) is 14.4. The van der Waals surface area contributed by atoms with Crippen molar-refractivity contribution in [3.05, 3.63) is 0 Å². The Bertz CT molecular complexity index is 308. The summed E-state index contributed by atoms with van der Waals surface area (Å²) >= 11 is 0. The number of rotatable bonds is 4. The van der Waals surface area contributed by atoms with Crippen molar-refractivity contribution in [1.82, 2.24) is 0 Å². The molecule has 1 N–H and O–H groups in total. The highest BCUT2D eigenvalue weighted by Gasteiger charge is 2.30. The highest BCUT2D eigenvalue weighted by Crippen LogP contribution is 2.38. The van der Waals surface area contributed by atoms with Crippen molar-refractivity contribution in [1.29, 1.82) is 0 Å². The van der Waals surface area contributed by atoms with Gasteiger partial charge in [0.25, 0.3) is 0 Å². The van der Waals surface area contributed by atoms with Crippen LogP contribution >= 0.6 is 0 Å². The van der Waals surface area contributed by atoms with Gasteiger partial charge in [-0.05, 0) is 42.9 Å². The summed E-state index contributed by atoms with van der Waals surface area (Å²) in [4.78, 5) is 10.7. The normalized spacial score (nSPS) is 21.9. The molecule has 0 aromatic carbocycles. The van der Waals surface area contributed by atoms with E-state index in [1.165, 1.54) is 64.2 Å². The molecule has 2 fully saturated rings. The predicted octanol–water partition coefficient (Wildman–Crippen LogP) is 5.38. The maximum Gasteiger partial charge on any atom is 0.125 e. The van der Waals surface area contributed by atoms with Gasteiger partial charge in [0.15, 0.2) is 0 Å². The standard InChI is InChI=1S/C10H20O.C10H18O/c2*1-10(2,8-11)9-6-4-3-5-7-9/h9,11H,3-8H2,1-2H3;8-9H,3-7H2,1-2H3. The van der Waals surface area contributed by atoms with E-state index < -0.39 is 0 Å². The van der Waals surface area contributed by atoms with Gasteiger partial charge in [0.1, 0.15) is 6.29 Å². The van der Waals surface area contributed by atoms with Gasteiger partial charge in [-0.2, -0.15) is 0 Å². The lowest BCUT2D eigenvalue weighted by Gasteiger charge is -2.35. The molecule has 130 valence electrons. The van der Waals surface area contributed by atoms with Crippen LogP contribution in [0.4, 0.5) is 0 Å². The van der Waals surface area contributed by atoms with Gasteiger partial charge in [0.2, 0.25) is 0 Å². The van der Waals surface area contributed by atoms with Gasteiger partial charge in [-0.1, -0.05) is 66.2 Å². The number of aliphatic hydroxyl groups excluding tert-OH is 1. The van der Waals surface area contributed by atoms with Gasteiger partial charge >= 0.3 is 0 Å². The average molecular weight is 311 g/mol. The molecule has 0 unspecified atom stereocenters. The summed E-state index contributed by atoms with van der Waals surface area (Å²) in [5, 5.41) is 9.15. The monoisotopic (exact) mass is 310 g/mol. The van der Waals surface area contributed by atoms with Crippen LogP contribution in [-0.4, -0.2) is 18.0 Å². The fourth-order valence-electron chi connectivity index (χ4n) is 3.96. The van der Waals surface area contributed by atoms with E-state index in [0.717, 1.165) is 12.2 Å².